The van der Waals surface area contributed by atoms with Crippen molar-refractivity contribution in [2.24, 2.45) is 0 Å². The number of nitrogens with zero attached hydrogens (tertiary/aromatic N) is 2. The van der Waals surface area contributed by atoms with Gasteiger partial charge in [-0.15, -0.1) is 0 Å². The molecule has 1 aliphatic rings. The van der Waals surface area contributed by atoms with E-state index in [2.05, 4.69) is 11.9 Å². The van der Waals surface area contributed by atoms with Crippen LogP contribution in [-0.2, 0) is 16.4 Å². The van der Waals surface area contributed by atoms with Crippen LogP contribution in [0, 0.1) is 0 Å². The average molecular weight is 361 g/mol. The van der Waals surface area contributed by atoms with Gasteiger partial charge in [0.05, 0.1) is 4.90 Å². The minimum atomic E-state index is -3.51. The molecule has 6 nitrogen and oxygen atoms in total. The Morgan fingerprint density at radius 2 is 1.76 bits per heavy atom. The number of aryl methyl sites for hydroxylation is 1. The lowest BCUT2D eigenvalue weighted by Gasteiger charge is -2.33. The molecule has 3 rings (SSSR count). The van der Waals surface area contributed by atoms with Gasteiger partial charge in [0.2, 0.25) is 10.0 Å². The number of aromatic nitrogens is 1. The van der Waals surface area contributed by atoms with Crippen LogP contribution in [0.3, 0.4) is 0 Å². The van der Waals surface area contributed by atoms with Crippen LogP contribution in [0.25, 0.3) is 0 Å². The molecule has 0 radical (unpaired) electrons. The van der Waals surface area contributed by atoms with Gasteiger partial charge in [-0.25, -0.2) is 8.42 Å². The fourth-order valence-corrected chi connectivity index (χ4v) is 4.45. The van der Waals surface area contributed by atoms with Crippen LogP contribution < -0.4 is 0 Å². The topological polar surface area (TPSA) is 73.5 Å². The number of amides is 1. The van der Waals surface area contributed by atoms with Gasteiger partial charge in [0.25, 0.3) is 5.91 Å². The lowest BCUT2D eigenvalue weighted by Crippen LogP contribution is -2.50. The Kier molecular flexibility index (Phi) is 5.24. The molecule has 1 N–H and O–H groups in total. The van der Waals surface area contributed by atoms with E-state index in [-0.39, 0.29) is 5.91 Å². The summed E-state index contributed by atoms with van der Waals surface area (Å²) in [5, 5.41) is 0. The number of carbonyl (C=O) groups excluding carboxylic acids is 1. The number of hydrogen-bond donors (Lipinski definition) is 1. The Labute approximate surface area is 148 Å². The molecule has 2 aromatic rings. The van der Waals surface area contributed by atoms with E-state index in [9.17, 15) is 13.2 Å². The van der Waals surface area contributed by atoms with E-state index in [0.29, 0.717) is 36.8 Å². The van der Waals surface area contributed by atoms with E-state index in [1.54, 1.807) is 35.4 Å². The van der Waals surface area contributed by atoms with Gasteiger partial charge in [-0.3, -0.25) is 4.79 Å². The van der Waals surface area contributed by atoms with Gasteiger partial charge in [-0.05, 0) is 36.2 Å². The van der Waals surface area contributed by atoms with Crippen molar-refractivity contribution in [2.75, 3.05) is 26.2 Å². The number of aromatic amines is 1. The van der Waals surface area contributed by atoms with Gasteiger partial charge in [0.1, 0.15) is 5.69 Å². The van der Waals surface area contributed by atoms with Crippen molar-refractivity contribution in [3.05, 3.63) is 53.9 Å². The first-order valence-corrected chi connectivity index (χ1v) is 9.98. The number of nitrogens with one attached hydrogen (secondary N) is 1. The van der Waals surface area contributed by atoms with Crippen molar-refractivity contribution < 1.29 is 13.2 Å². The zero-order valence-electron chi connectivity index (χ0n) is 14.3. The fourth-order valence-electron chi connectivity index (χ4n) is 3.03. The quantitative estimate of drug-likeness (QED) is 0.886. The van der Waals surface area contributed by atoms with Gasteiger partial charge in [-0.2, -0.15) is 4.31 Å². The van der Waals surface area contributed by atoms with Gasteiger partial charge in [0, 0.05) is 32.4 Å². The number of sulfonamides is 1. The van der Waals surface area contributed by atoms with Crippen molar-refractivity contribution in [1.82, 2.24) is 14.2 Å². The number of H-pyrrole nitrogens is 1. The molecule has 1 aromatic carbocycles. The van der Waals surface area contributed by atoms with Gasteiger partial charge in [-0.1, -0.05) is 25.5 Å². The summed E-state index contributed by atoms with van der Waals surface area (Å²) < 4.78 is 27.0. The van der Waals surface area contributed by atoms with Gasteiger partial charge in [0.15, 0.2) is 0 Å². The molecule has 1 aromatic heterocycles. The first-order valence-electron chi connectivity index (χ1n) is 8.54. The summed E-state index contributed by atoms with van der Waals surface area (Å²) in [6, 6.07) is 10.6. The number of carbonyl (C=O) groups is 1. The molecule has 2 heterocycles. The zero-order valence-corrected chi connectivity index (χ0v) is 15.1. The summed E-state index contributed by atoms with van der Waals surface area (Å²) in [7, 11) is -3.51. The largest absolute Gasteiger partial charge is 0.357 e. The standard InChI is InChI=1S/C18H23N3O3S/c1-2-4-15-6-8-16(9-7-15)25(23,24)21-13-11-20(12-14-21)18(22)17-5-3-10-19-17/h3,5-10,19H,2,4,11-14H2,1H3. The third-order valence-electron chi connectivity index (χ3n) is 4.45. The first-order chi connectivity index (χ1) is 12.0. The van der Waals surface area contributed by atoms with E-state index in [4.69, 9.17) is 0 Å². The molecule has 1 fully saturated rings. The summed E-state index contributed by atoms with van der Waals surface area (Å²) in [5.41, 5.74) is 1.67. The summed E-state index contributed by atoms with van der Waals surface area (Å²) in [6.45, 7) is 3.51. The maximum absolute atomic E-state index is 12.8. The van der Waals surface area contributed by atoms with Gasteiger partial charge >= 0.3 is 0 Å². The molecule has 134 valence electrons. The molecule has 0 atom stereocenters. The summed E-state index contributed by atoms with van der Waals surface area (Å²) in [6.07, 6.45) is 3.68. The highest BCUT2D eigenvalue weighted by Gasteiger charge is 2.30. The van der Waals surface area contributed by atoms with E-state index in [0.717, 1.165) is 18.4 Å². The zero-order chi connectivity index (χ0) is 17.9. The van der Waals surface area contributed by atoms with E-state index >= 15 is 0 Å². The molecule has 0 spiro atoms. The van der Waals surface area contributed by atoms with Crippen molar-refractivity contribution in [2.45, 2.75) is 24.7 Å². The monoisotopic (exact) mass is 361 g/mol. The highest BCUT2D eigenvalue weighted by atomic mass is 32.2. The normalized spacial score (nSPS) is 16.1. The van der Waals surface area contributed by atoms with Crippen LogP contribution >= 0.6 is 0 Å². The number of benzene rings is 1. The third-order valence-corrected chi connectivity index (χ3v) is 6.37. The average Bonchev–Trinajstić information content (AvgIpc) is 3.17. The minimum Gasteiger partial charge on any atom is -0.357 e. The molecule has 0 saturated carbocycles. The van der Waals surface area contributed by atoms with Crippen molar-refractivity contribution in [3.8, 4) is 0 Å². The van der Waals surface area contributed by atoms with E-state index in [1.165, 1.54) is 4.31 Å². The Morgan fingerprint density at radius 1 is 1.08 bits per heavy atom. The SMILES string of the molecule is CCCc1ccc(S(=O)(=O)N2CCN(C(=O)c3ccc[nH]3)CC2)cc1. The third kappa shape index (κ3) is 3.77. The van der Waals surface area contributed by atoms with Crippen molar-refractivity contribution >= 4 is 15.9 Å². The molecule has 7 heteroatoms. The summed E-state index contributed by atoms with van der Waals surface area (Å²) in [4.78, 5) is 17.2. The molecule has 1 aliphatic heterocycles. The molecule has 1 saturated heterocycles. The van der Waals surface area contributed by atoms with Crippen LogP contribution in [0.2, 0.25) is 0 Å². The predicted octanol–water partition coefficient (Wildman–Crippen LogP) is 2.11. The number of hydrogen-bond acceptors (Lipinski definition) is 3. The minimum absolute atomic E-state index is 0.0917. The molecule has 1 amide bonds. The van der Waals surface area contributed by atoms with Crippen LogP contribution in [0.4, 0.5) is 0 Å². The Bertz CT molecular complexity index is 806. The highest BCUT2D eigenvalue weighted by molar-refractivity contribution is 7.89. The van der Waals surface area contributed by atoms with Crippen LogP contribution in [0.1, 0.15) is 29.4 Å². The van der Waals surface area contributed by atoms with Gasteiger partial charge < -0.3 is 9.88 Å². The van der Waals surface area contributed by atoms with E-state index < -0.39 is 10.0 Å². The van der Waals surface area contributed by atoms with E-state index in [1.807, 2.05) is 12.1 Å². The molecule has 25 heavy (non-hydrogen) atoms. The Balaban J connectivity index is 1.66. The molecule has 0 aliphatic carbocycles. The fraction of sp³-hybridized carbons (Fsp3) is 0.389. The molecule has 0 unspecified atom stereocenters. The summed E-state index contributed by atoms with van der Waals surface area (Å²) >= 11 is 0. The van der Waals surface area contributed by atoms with Crippen molar-refractivity contribution in [1.29, 1.82) is 0 Å². The molecular weight excluding hydrogens is 338 g/mol. The van der Waals surface area contributed by atoms with Crippen LogP contribution in [0.15, 0.2) is 47.5 Å². The summed E-state index contributed by atoms with van der Waals surface area (Å²) in [5.74, 6) is -0.0917. The molecule has 0 bridgehead atoms. The second kappa shape index (κ2) is 7.41. The highest BCUT2D eigenvalue weighted by Crippen LogP contribution is 2.19. The lowest BCUT2D eigenvalue weighted by molar-refractivity contribution is 0.0692. The van der Waals surface area contributed by atoms with Crippen LogP contribution in [-0.4, -0.2) is 54.7 Å². The number of rotatable bonds is 5. The second-order valence-electron chi connectivity index (χ2n) is 6.17. The van der Waals surface area contributed by atoms with Crippen LogP contribution in [0.5, 0.6) is 0 Å². The maximum atomic E-state index is 12.8. The second-order valence-corrected chi connectivity index (χ2v) is 8.11. The maximum Gasteiger partial charge on any atom is 0.270 e. The lowest BCUT2D eigenvalue weighted by atomic mass is 10.1. The Hall–Kier alpha value is -2.12. The van der Waals surface area contributed by atoms with Crippen molar-refractivity contribution in [3.63, 3.8) is 0 Å². The molecular formula is C18H23N3O3S. The smallest absolute Gasteiger partial charge is 0.270 e. The Morgan fingerprint density at radius 3 is 2.32 bits per heavy atom. The first kappa shape index (κ1) is 17.7. The predicted molar refractivity (Wildman–Crippen MR) is 95.9 cm³/mol. The number of piperazine rings is 1.